The Bertz CT molecular complexity index is 702. The molecule has 2 fully saturated rings. The molecule has 0 bridgehead atoms. The van der Waals surface area contributed by atoms with E-state index in [-0.39, 0.29) is 24.3 Å². The summed E-state index contributed by atoms with van der Waals surface area (Å²) in [5.41, 5.74) is 0. The third kappa shape index (κ3) is 4.40. The minimum absolute atomic E-state index is 0.00646. The van der Waals surface area contributed by atoms with Crippen molar-refractivity contribution in [3.63, 3.8) is 0 Å². The maximum absolute atomic E-state index is 12.3. The van der Waals surface area contributed by atoms with Crippen LogP contribution in [0, 0.1) is 0 Å². The van der Waals surface area contributed by atoms with Gasteiger partial charge < -0.3 is 14.5 Å². The highest BCUT2D eigenvalue weighted by molar-refractivity contribution is 7.91. The first-order valence-electron chi connectivity index (χ1n) is 8.14. The lowest BCUT2D eigenvalue weighted by Crippen LogP contribution is -3.18. The number of quaternary nitrogens is 1. The third-order valence-electron chi connectivity index (χ3n) is 4.73. The molecule has 1 aromatic rings. The van der Waals surface area contributed by atoms with Gasteiger partial charge in [-0.15, -0.1) is 0 Å². The van der Waals surface area contributed by atoms with Gasteiger partial charge in [-0.1, -0.05) is 17.7 Å². The molecule has 0 radical (unpaired) electrons. The van der Waals surface area contributed by atoms with Crippen molar-refractivity contribution >= 4 is 27.3 Å². The first kappa shape index (κ1) is 17.5. The molecule has 1 N–H and O–H groups in total. The van der Waals surface area contributed by atoms with Crippen molar-refractivity contribution in [1.82, 2.24) is 4.90 Å². The van der Waals surface area contributed by atoms with Crippen molar-refractivity contribution in [2.24, 2.45) is 0 Å². The van der Waals surface area contributed by atoms with Gasteiger partial charge in [0.05, 0.1) is 31.9 Å². The highest BCUT2D eigenvalue weighted by Gasteiger charge is 2.37. The number of carbonyl (C=O) groups is 1. The average Bonchev–Trinajstić information content (AvgIpc) is 2.93. The van der Waals surface area contributed by atoms with Gasteiger partial charge in [0.25, 0.3) is 5.91 Å². The minimum atomic E-state index is -2.85. The van der Waals surface area contributed by atoms with Crippen LogP contribution in [0.15, 0.2) is 24.3 Å². The molecule has 2 heterocycles. The van der Waals surface area contributed by atoms with Crippen LogP contribution in [0.2, 0.25) is 5.02 Å². The predicted octanol–water partition coefficient (Wildman–Crippen LogP) is -0.367. The van der Waals surface area contributed by atoms with Gasteiger partial charge >= 0.3 is 0 Å². The number of halogens is 1. The number of carbonyl (C=O) groups excluding carboxylic acids is 1. The number of ether oxygens (including phenoxy) is 1. The third-order valence-corrected chi connectivity index (χ3v) is 6.73. The fourth-order valence-electron chi connectivity index (χ4n) is 3.36. The summed E-state index contributed by atoms with van der Waals surface area (Å²) < 4.78 is 28.7. The normalized spacial score (nSPS) is 24.0. The average molecular weight is 374 g/mol. The molecule has 2 aliphatic heterocycles. The van der Waals surface area contributed by atoms with Crippen molar-refractivity contribution in [2.75, 3.05) is 44.3 Å². The van der Waals surface area contributed by atoms with E-state index in [1.165, 1.54) is 4.90 Å². The fraction of sp³-hybridized carbons (Fsp3) is 0.562. The van der Waals surface area contributed by atoms with Crippen molar-refractivity contribution in [3.05, 3.63) is 29.3 Å². The molecule has 2 saturated heterocycles. The molecular formula is C16H22ClN2O4S+. The number of sulfone groups is 1. The van der Waals surface area contributed by atoms with Gasteiger partial charge in [0.2, 0.25) is 0 Å². The summed E-state index contributed by atoms with van der Waals surface area (Å²) >= 11 is 5.89. The van der Waals surface area contributed by atoms with Crippen molar-refractivity contribution in [2.45, 2.75) is 12.5 Å². The van der Waals surface area contributed by atoms with E-state index >= 15 is 0 Å². The number of benzene rings is 1. The van der Waals surface area contributed by atoms with Gasteiger partial charge in [-0.05, 0) is 18.2 Å². The van der Waals surface area contributed by atoms with Gasteiger partial charge in [0.1, 0.15) is 17.5 Å². The molecule has 24 heavy (non-hydrogen) atoms. The summed E-state index contributed by atoms with van der Waals surface area (Å²) in [4.78, 5) is 15.3. The van der Waals surface area contributed by atoms with Crippen LogP contribution in [-0.4, -0.2) is 69.6 Å². The van der Waals surface area contributed by atoms with Crippen LogP contribution < -0.4 is 9.64 Å². The summed E-state index contributed by atoms with van der Waals surface area (Å²) in [6.45, 7) is 2.87. The van der Waals surface area contributed by atoms with Crippen molar-refractivity contribution in [1.29, 1.82) is 0 Å². The Morgan fingerprint density at radius 2 is 2.08 bits per heavy atom. The van der Waals surface area contributed by atoms with Gasteiger partial charge in [0, 0.05) is 11.4 Å². The molecule has 3 rings (SSSR count). The second kappa shape index (κ2) is 7.29. The zero-order valence-corrected chi connectivity index (χ0v) is 15.0. The minimum Gasteiger partial charge on any atom is -0.484 e. The Morgan fingerprint density at radius 3 is 2.71 bits per heavy atom. The van der Waals surface area contributed by atoms with Crippen LogP contribution in [0.3, 0.4) is 0 Å². The smallest absolute Gasteiger partial charge is 0.260 e. The molecule has 6 nitrogen and oxygen atoms in total. The number of hydrogen-bond acceptors (Lipinski definition) is 4. The van der Waals surface area contributed by atoms with Crippen LogP contribution >= 0.6 is 11.6 Å². The molecule has 132 valence electrons. The Balaban J connectivity index is 1.45. The summed E-state index contributed by atoms with van der Waals surface area (Å²) in [6, 6.07) is 7.16. The quantitative estimate of drug-likeness (QED) is 0.782. The van der Waals surface area contributed by atoms with Gasteiger partial charge in [-0.3, -0.25) is 4.79 Å². The zero-order valence-electron chi connectivity index (χ0n) is 13.4. The predicted molar refractivity (Wildman–Crippen MR) is 91.3 cm³/mol. The van der Waals surface area contributed by atoms with Gasteiger partial charge in [0.15, 0.2) is 16.4 Å². The first-order valence-corrected chi connectivity index (χ1v) is 10.3. The molecule has 0 aliphatic carbocycles. The molecule has 0 aromatic heterocycles. The van der Waals surface area contributed by atoms with E-state index < -0.39 is 9.84 Å². The summed E-state index contributed by atoms with van der Waals surface area (Å²) in [6.07, 6.45) is 0.740. The van der Waals surface area contributed by atoms with Gasteiger partial charge in [-0.25, -0.2) is 8.42 Å². The Kier molecular flexibility index (Phi) is 5.32. The van der Waals surface area contributed by atoms with Crippen molar-refractivity contribution < 1.29 is 22.8 Å². The molecule has 1 atom stereocenters. The van der Waals surface area contributed by atoms with Crippen LogP contribution in [0.5, 0.6) is 5.75 Å². The number of piperazine rings is 1. The molecule has 2 aliphatic rings. The van der Waals surface area contributed by atoms with E-state index in [0.29, 0.717) is 29.6 Å². The topological polar surface area (TPSA) is 68.1 Å². The molecule has 8 heteroatoms. The Hall–Kier alpha value is -1.31. The largest absolute Gasteiger partial charge is 0.484 e. The highest BCUT2D eigenvalue weighted by Crippen LogP contribution is 2.17. The fourth-order valence-corrected chi connectivity index (χ4v) is 5.37. The van der Waals surface area contributed by atoms with E-state index in [0.717, 1.165) is 19.5 Å². The lowest BCUT2D eigenvalue weighted by atomic mass is 10.2. The Labute approximate surface area is 147 Å². The van der Waals surface area contributed by atoms with Crippen LogP contribution in [0.4, 0.5) is 0 Å². The standard InChI is InChI=1S/C16H21ClN2O4S/c17-13-2-1-3-15(10-13)23-11-16(20)19-7-5-18(6-8-19)14-4-9-24(21,22)12-14/h1-3,10,14H,4-9,11-12H2/p+1/t14-/m0/s1. The first-order chi connectivity index (χ1) is 11.4. The highest BCUT2D eigenvalue weighted by atomic mass is 35.5. The van der Waals surface area contributed by atoms with E-state index in [9.17, 15) is 13.2 Å². The Morgan fingerprint density at radius 1 is 1.33 bits per heavy atom. The molecule has 1 aromatic carbocycles. The lowest BCUT2D eigenvalue weighted by molar-refractivity contribution is -0.925. The molecular weight excluding hydrogens is 352 g/mol. The molecule has 0 unspecified atom stereocenters. The van der Waals surface area contributed by atoms with E-state index in [1.54, 1.807) is 29.2 Å². The summed E-state index contributed by atoms with van der Waals surface area (Å²) in [5.74, 6) is 1.12. The van der Waals surface area contributed by atoms with E-state index in [1.807, 2.05) is 0 Å². The second-order valence-electron chi connectivity index (χ2n) is 6.39. The van der Waals surface area contributed by atoms with E-state index in [2.05, 4.69) is 0 Å². The number of hydrogen-bond donors (Lipinski definition) is 1. The molecule has 0 saturated carbocycles. The molecule has 0 spiro atoms. The number of rotatable bonds is 4. The number of nitrogens with zero attached hydrogens (tertiary/aromatic N) is 1. The summed E-state index contributed by atoms with van der Waals surface area (Å²) in [5, 5.41) is 0.573. The summed E-state index contributed by atoms with van der Waals surface area (Å²) in [7, 11) is -2.85. The maximum atomic E-state index is 12.3. The van der Waals surface area contributed by atoms with Gasteiger partial charge in [-0.2, -0.15) is 0 Å². The molecule has 1 amide bonds. The number of amides is 1. The van der Waals surface area contributed by atoms with Crippen LogP contribution in [-0.2, 0) is 14.6 Å². The number of nitrogens with one attached hydrogen (secondary N) is 1. The monoisotopic (exact) mass is 373 g/mol. The van der Waals surface area contributed by atoms with Crippen molar-refractivity contribution in [3.8, 4) is 5.75 Å². The SMILES string of the molecule is O=C(COc1cccc(Cl)c1)N1CC[NH+]([C@H]2CCS(=O)(=O)C2)CC1. The maximum Gasteiger partial charge on any atom is 0.260 e. The van der Waals surface area contributed by atoms with Crippen LogP contribution in [0.1, 0.15) is 6.42 Å². The van der Waals surface area contributed by atoms with Crippen LogP contribution in [0.25, 0.3) is 0 Å². The van der Waals surface area contributed by atoms with E-state index in [4.69, 9.17) is 16.3 Å². The zero-order chi connectivity index (χ0) is 17.2. The lowest BCUT2D eigenvalue weighted by Gasteiger charge is -2.34. The second-order valence-corrected chi connectivity index (χ2v) is 9.05.